The Morgan fingerprint density at radius 1 is 1.24 bits per heavy atom. The number of nitrogens with zero attached hydrogens (tertiary/aromatic N) is 1. The third-order valence-corrected chi connectivity index (χ3v) is 7.06. The van der Waals surface area contributed by atoms with Crippen molar-refractivity contribution in [2.75, 3.05) is 19.8 Å². The summed E-state index contributed by atoms with van der Waals surface area (Å²) in [5.41, 5.74) is -0.710. The average Bonchev–Trinajstić information content (AvgIpc) is 2.84. The minimum absolute atomic E-state index is 0.190. The van der Waals surface area contributed by atoms with Crippen LogP contribution in [0.5, 0.6) is 0 Å². The smallest absolute Gasteiger partial charge is 0.308 e. The summed E-state index contributed by atoms with van der Waals surface area (Å²) < 4.78 is 24.0. The number of hydrogen-bond acceptors (Lipinski definition) is 5. The zero-order chi connectivity index (χ0) is 18.4. The van der Waals surface area contributed by atoms with Crippen molar-refractivity contribution in [1.29, 1.82) is 0 Å². The standard InChI is InChI=1S/C18H26NO5P/c1-4-7-8-9-13-19-17(20)14-11-10-12-15(16(14)18(19)21)25(22,23-5-2)24-6-3/h1,10,12,14-16H,5-9,11,13H2,2-3H3/t14-,15+,16-/m0/s1. The van der Waals surface area contributed by atoms with E-state index in [1.54, 1.807) is 19.9 Å². The SMILES string of the molecule is C#CCCCCN1C(=O)[C@H]2[C@H](CC=C[C@H]2P(=O)(OCC)OCC)C1=O. The Balaban J connectivity index is 2.21. The molecule has 1 fully saturated rings. The maximum absolute atomic E-state index is 13.2. The van der Waals surface area contributed by atoms with Crippen LogP contribution in [0.2, 0.25) is 0 Å². The van der Waals surface area contributed by atoms with Gasteiger partial charge in [0.15, 0.2) is 0 Å². The monoisotopic (exact) mass is 367 g/mol. The van der Waals surface area contributed by atoms with E-state index in [0.29, 0.717) is 25.8 Å². The van der Waals surface area contributed by atoms with Crippen LogP contribution in [-0.2, 0) is 23.2 Å². The number of imide groups is 1. The van der Waals surface area contributed by atoms with Gasteiger partial charge in [0, 0.05) is 13.0 Å². The molecular weight excluding hydrogens is 341 g/mol. The molecular formula is C18H26NO5P. The molecule has 1 saturated heterocycles. The van der Waals surface area contributed by atoms with E-state index in [9.17, 15) is 14.2 Å². The van der Waals surface area contributed by atoms with E-state index in [1.165, 1.54) is 4.90 Å². The maximum atomic E-state index is 13.2. The first-order valence-corrected chi connectivity index (χ1v) is 10.5. The predicted octanol–water partition coefficient (Wildman–Crippen LogP) is 2.99. The molecule has 2 rings (SSSR count). The van der Waals surface area contributed by atoms with Gasteiger partial charge in [-0.05, 0) is 33.1 Å². The number of terminal acetylenes is 1. The van der Waals surface area contributed by atoms with Crippen LogP contribution in [0.4, 0.5) is 0 Å². The Bertz CT molecular complexity index is 613. The first-order valence-electron chi connectivity index (χ1n) is 8.84. The highest BCUT2D eigenvalue weighted by Crippen LogP contribution is 2.59. The molecule has 0 N–H and O–H groups in total. The van der Waals surface area contributed by atoms with Crippen molar-refractivity contribution in [1.82, 2.24) is 4.90 Å². The highest BCUT2D eigenvalue weighted by molar-refractivity contribution is 7.55. The molecule has 25 heavy (non-hydrogen) atoms. The van der Waals surface area contributed by atoms with E-state index in [-0.39, 0.29) is 25.0 Å². The second-order valence-corrected chi connectivity index (χ2v) is 8.34. The largest absolute Gasteiger partial charge is 0.338 e. The summed E-state index contributed by atoms with van der Waals surface area (Å²) in [6.07, 6.45) is 11.3. The Hall–Kier alpha value is -1.41. The van der Waals surface area contributed by atoms with Gasteiger partial charge >= 0.3 is 7.60 Å². The van der Waals surface area contributed by atoms with Crippen LogP contribution < -0.4 is 0 Å². The summed E-state index contributed by atoms with van der Waals surface area (Å²) >= 11 is 0. The fraction of sp³-hybridized carbons (Fsp3) is 0.667. The molecule has 6 nitrogen and oxygen atoms in total. The lowest BCUT2D eigenvalue weighted by Gasteiger charge is -2.31. The number of hydrogen-bond donors (Lipinski definition) is 0. The van der Waals surface area contributed by atoms with Crippen molar-refractivity contribution < 1.29 is 23.2 Å². The van der Waals surface area contributed by atoms with Crippen LogP contribution in [0.25, 0.3) is 0 Å². The quantitative estimate of drug-likeness (QED) is 0.206. The second-order valence-electron chi connectivity index (χ2n) is 6.15. The minimum atomic E-state index is -3.50. The van der Waals surface area contributed by atoms with Crippen LogP contribution in [0.3, 0.4) is 0 Å². The van der Waals surface area contributed by atoms with Crippen LogP contribution in [0.15, 0.2) is 12.2 Å². The highest BCUT2D eigenvalue weighted by Gasteiger charge is 2.56. The van der Waals surface area contributed by atoms with Gasteiger partial charge in [0.25, 0.3) is 0 Å². The summed E-state index contributed by atoms with van der Waals surface area (Å²) in [5.74, 6) is 0.934. The summed E-state index contributed by atoms with van der Waals surface area (Å²) in [6, 6.07) is 0. The van der Waals surface area contributed by atoms with Gasteiger partial charge < -0.3 is 9.05 Å². The maximum Gasteiger partial charge on any atom is 0.338 e. The number of likely N-dealkylation sites (tertiary alicyclic amines) is 1. The number of unbranched alkanes of at least 4 members (excludes halogenated alkanes) is 2. The lowest BCUT2D eigenvalue weighted by Crippen LogP contribution is -2.35. The summed E-state index contributed by atoms with van der Waals surface area (Å²) in [4.78, 5) is 26.8. The van der Waals surface area contributed by atoms with Gasteiger partial charge in [0.2, 0.25) is 11.8 Å². The molecule has 0 aromatic heterocycles. The topological polar surface area (TPSA) is 72.9 Å². The van der Waals surface area contributed by atoms with E-state index in [0.717, 1.165) is 6.42 Å². The molecule has 0 unspecified atom stereocenters. The van der Waals surface area contributed by atoms with E-state index in [1.807, 2.05) is 6.08 Å². The van der Waals surface area contributed by atoms with Gasteiger partial charge in [0.1, 0.15) is 0 Å². The summed E-state index contributed by atoms with van der Waals surface area (Å²) in [7, 11) is -3.50. The number of fused-ring (bicyclic) bond motifs is 1. The molecule has 0 spiro atoms. The zero-order valence-electron chi connectivity index (χ0n) is 14.8. The first-order chi connectivity index (χ1) is 12.0. The predicted molar refractivity (Wildman–Crippen MR) is 94.8 cm³/mol. The molecule has 0 bridgehead atoms. The van der Waals surface area contributed by atoms with Crippen molar-refractivity contribution >= 4 is 19.4 Å². The Kier molecular flexibility index (Phi) is 7.01. The third kappa shape index (κ3) is 4.06. The van der Waals surface area contributed by atoms with Crippen molar-refractivity contribution in [3.05, 3.63) is 12.2 Å². The van der Waals surface area contributed by atoms with Crippen LogP contribution >= 0.6 is 7.60 Å². The fourth-order valence-electron chi connectivity index (χ4n) is 3.52. The van der Waals surface area contributed by atoms with E-state index in [2.05, 4.69) is 5.92 Å². The highest BCUT2D eigenvalue weighted by atomic mass is 31.2. The van der Waals surface area contributed by atoms with Crippen molar-refractivity contribution in [3.8, 4) is 12.3 Å². The van der Waals surface area contributed by atoms with Crippen LogP contribution in [0.1, 0.15) is 39.5 Å². The third-order valence-electron chi connectivity index (χ3n) is 4.60. The van der Waals surface area contributed by atoms with Crippen LogP contribution in [0, 0.1) is 24.2 Å². The molecule has 0 aromatic rings. The Morgan fingerprint density at radius 3 is 2.52 bits per heavy atom. The van der Waals surface area contributed by atoms with E-state index in [4.69, 9.17) is 15.5 Å². The molecule has 2 aliphatic rings. The minimum Gasteiger partial charge on any atom is -0.308 e. The van der Waals surface area contributed by atoms with E-state index >= 15 is 0 Å². The molecule has 0 radical (unpaired) electrons. The number of allylic oxidation sites excluding steroid dienone is 2. The molecule has 138 valence electrons. The van der Waals surface area contributed by atoms with Crippen molar-refractivity contribution in [2.24, 2.45) is 11.8 Å². The van der Waals surface area contributed by atoms with Crippen LogP contribution in [-0.4, -0.2) is 42.1 Å². The Morgan fingerprint density at radius 2 is 1.92 bits per heavy atom. The normalized spacial score (nSPS) is 26.0. The van der Waals surface area contributed by atoms with Crippen molar-refractivity contribution in [3.63, 3.8) is 0 Å². The lowest BCUT2D eigenvalue weighted by atomic mass is 9.85. The molecule has 1 aliphatic carbocycles. The van der Waals surface area contributed by atoms with Gasteiger partial charge in [-0.3, -0.25) is 19.1 Å². The van der Waals surface area contributed by atoms with Crippen molar-refractivity contribution in [2.45, 2.75) is 45.2 Å². The summed E-state index contributed by atoms with van der Waals surface area (Å²) in [5, 5.41) is 0. The van der Waals surface area contributed by atoms with Gasteiger partial charge in [-0.2, -0.15) is 0 Å². The average molecular weight is 367 g/mol. The summed E-state index contributed by atoms with van der Waals surface area (Å²) in [6.45, 7) is 4.25. The molecule has 1 heterocycles. The van der Waals surface area contributed by atoms with Gasteiger partial charge in [-0.25, -0.2) is 0 Å². The molecule has 7 heteroatoms. The lowest BCUT2D eigenvalue weighted by molar-refractivity contribution is -0.139. The first kappa shape index (κ1) is 19.9. The molecule has 2 amide bonds. The fourth-order valence-corrected chi connectivity index (χ4v) is 5.72. The molecule has 3 atom stereocenters. The number of carbonyl (C=O) groups excluding carboxylic acids is 2. The molecule has 0 saturated carbocycles. The number of amides is 2. The molecule has 0 aromatic carbocycles. The number of rotatable bonds is 9. The number of carbonyl (C=O) groups is 2. The molecule has 1 aliphatic heterocycles. The van der Waals surface area contributed by atoms with Gasteiger partial charge in [-0.15, -0.1) is 12.3 Å². The van der Waals surface area contributed by atoms with Gasteiger partial charge in [0.05, 0.1) is 30.7 Å². The van der Waals surface area contributed by atoms with E-state index < -0.39 is 25.1 Å². The zero-order valence-corrected chi connectivity index (χ0v) is 15.7. The Labute approximate surface area is 149 Å². The van der Waals surface area contributed by atoms with Gasteiger partial charge in [-0.1, -0.05) is 12.2 Å². The second kappa shape index (κ2) is 8.80.